The summed E-state index contributed by atoms with van der Waals surface area (Å²) < 4.78 is 0. The number of carboxylic acids is 1. The van der Waals surface area contributed by atoms with E-state index in [0.717, 1.165) is 0 Å². The summed E-state index contributed by atoms with van der Waals surface area (Å²) in [6.07, 6.45) is 0.877. The van der Waals surface area contributed by atoms with Crippen LogP contribution >= 0.6 is 0 Å². The van der Waals surface area contributed by atoms with Crippen LogP contribution in [0.1, 0.15) is 26.7 Å². The first-order chi connectivity index (χ1) is 5.85. The number of rotatable bonds is 3. The molecule has 0 spiro atoms. The van der Waals surface area contributed by atoms with Crippen LogP contribution in [0.3, 0.4) is 0 Å². The van der Waals surface area contributed by atoms with E-state index in [9.17, 15) is 9.59 Å². The maximum absolute atomic E-state index is 10.7. The second-order valence-electron chi connectivity index (χ2n) is 4.32. The number of aliphatic carboxylic acids is 1. The van der Waals surface area contributed by atoms with Gasteiger partial charge in [-0.15, -0.1) is 0 Å². The summed E-state index contributed by atoms with van der Waals surface area (Å²) in [6, 6.07) is 0. The lowest BCUT2D eigenvalue weighted by atomic mass is 9.54. The van der Waals surface area contributed by atoms with Crippen LogP contribution in [0.25, 0.3) is 0 Å². The molecule has 1 aliphatic carbocycles. The Kier molecular flexibility index (Phi) is 2.32. The Morgan fingerprint density at radius 2 is 2.08 bits per heavy atom. The van der Waals surface area contributed by atoms with E-state index >= 15 is 0 Å². The van der Waals surface area contributed by atoms with E-state index in [-0.39, 0.29) is 23.2 Å². The van der Waals surface area contributed by atoms with Gasteiger partial charge >= 0.3 is 5.97 Å². The molecule has 0 aromatic rings. The number of hydrogen-bond donors (Lipinski definition) is 2. The van der Waals surface area contributed by atoms with Gasteiger partial charge in [-0.1, -0.05) is 13.8 Å². The lowest BCUT2D eigenvalue weighted by molar-refractivity contribution is -0.160. The van der Waals surface area contributed by atoms with Gasteiger partial charge in [-0.25, -0.2) is 0 Å². The highest BCUT2D eigenvalue weighted by Gasteiger charge is 2.51. The number of primary amides is 1. The number of carbonyl (C=O) groups is 2. The van der Waals surface area contributed by atoms with Gasteiger partial charge in [0, 0.05) is 6.42 Å². The van der Waals surface area contributed by atoms with Gasteiger partial charge in [-0.05, 0) is 17.8 Å². The third kappa shape index (κ3) is 1.66. The fourth-order valence-electron chi connectivity index (χ4n) is 2.02. The first kappa shape index (κ1) is 10.0. The monoisotopic (exact) mass is 185 g/mol. The quantitative estimate of drug-likeness (QED) is 0.676. The molecular weight excluding hydrogens is 170 g/mol. The largest absolute Gasteiger partial charge is 0.481 e. The van der Waals surface area contributed by atoms with Crippen LogP contribution in [0.15, 0.2) is 0 Å². The third-order valence-electron chi connectivity index (χ3n) is 3.22. The van der Waals surface area contributed by atoms with E-state index in [1.54, 1.807) is 0 Å². The van der Waals surface area contributed by atoms with Crippen LogP contribution in [0.5, 0.6) is 0 Å². The first-order valence-corrected chi connectivity index (χ1v) is 4.36. The molecule has 3 N–H and O–H groups in total. The van der Waals surface area contributed by atoms with Crippen molar-refractivity contribution < 1.29 is 14.7 Å². The fraction of sp³-hybridized carbons (Fsp3) is 0.778. The van der Waals surface area contributed by atoms with E-state index in [2.05, 4.69) is 0 Å². The third-order valence-corrected chi connectivity index (χ3v) is 3.22. The average Bonchev–Trinajstić information content (AvgIpc) is 1.96. The van der Waals surface area contributed by atoms with Crippen LogP contribution in [0, 0.1) is 17.3 Å². The molecule has 0 aliphatic heterocycles. The maximum Gasteiger partial charge on any atom is 0.307 e. The van der Waals surface area contributed by atoms with Crippen molar-refractivity contribution in [2.24, 2.45) is 23.0 Å². The molecule has 0 saturated heterocycles. The minimum Gasteiger partial charge on any atom is -0.481 e. The molecule has 1 fully saturated rings. The highest BCUT2D eigenvalue weighted by atomic mass is 16.4. The molecule has 0 heterocycles. The fourth-order valence-corrected chi connectivity index (χ4v) is 2.02. The standard InChI is InChI=1S/C9H15NO3/c1-9(2)5(4-7(10)11)3-6(9)8(12)13/h5-6H,3-4H2,1-2H3,(H2,10,11)(H,12,13)/t5-,6+/m1/s1. The molecular formula is C9H15NO3. The Bertz CT molecular complexity index is 247. The Morgan fingerprint density at radius 3 is 2.38 bits per heavy atom. The van der Waals surface area contributed by atoms with Crippen molar-refractivity contribution in [3.8, 4) is 0 Å². The van der Waals surface area contributed by atoms with Gasteiger partial charge in [-0.3, -0.25) is 9.59 Å². The second-order valence-corrected chi connectivity index (χ2v) is 4.32. The molecule has 4 heteroatoms. The number of hydrogen-bond acceptors (Lipinski definition) is 2. The van der Waals surface area contributed by atoms with Crippen molar-refractivity contribution in [3.63, 3.8) is 0 Å². The highest BCUT2D eigenvalue weighted by Crippen LogP contribution is 2.52. The van der Waals surface area contributed by atoms with Gasteiger partial charge in [0.2, 0.25) is 5.91 Å². The summed E-state index contributed by atoms with van der Waals surface area (Å²) in [6.45, 7) is 3.76. The van der Waals surface area contributed by atoms with Gasteiger partial charge in [-0.2, -0.15) is 0 Å². The molecule has 1 aliphatic rings. The van der Waals surface area contributed by atoms with Gasteiger partial charge in [0.05, 0.1) is 5.92 Å². The predicted octanol–water partition coefficient (Wildman–Crippen LogP) is 0.609. The number of nitrogens with two attached hydrogens (primary N) is 1. The topological polar surface area (TPSA) is 80.4 Å². The molecule has 0 unspecified atom stereocenters. The molecule has 0 aromatic heterocycles. The van der Waals surface area contributed by atoms with Crippen LogP contribution in [0.2, 0.25) is 0 Å². The maximum atomic E-state index is 10.7. The van der Waals surface area contributed by atoms with E-state index in [0.29, 0.717) is 12.8 Å². The Labute approximate surface area is 77.1 Å². The molecule has 1 saturated carbocycles. The molecule has 74 valence electrons. The molecule has 1 rings (SSSR count). The zero-order chi connectivity index (χ0) is 10.2. The zero-order valence-corrected chi connectivity index (χ0v) is 7.91. The Morgan fingerprint density at radius 1 is 1.54 bits per heavy atom. The molecule has 2 atom stereocenters. The predicted molar refractivity (Wildman–Crippen MR) is 46.8 cm³/mol. The van der Waals surface area contributed by atoms with E-state index in [4.69, 9.17) is 10.8 Å². The van der Waals surface area contributed by atoms with Crippen LogP contribution in [0.4, 0.5) is 0 Å². The van der Waals surface area contributed by atoms with Crippen molar-refractivity contribution in [2.75, 3.05) is 0 Å². The Hall–Kier alpha value is -1.06. The molecule has 4 nitrogen and oxygen atoms in total. The zero-order valence-electron chi connectivity index (χ0n) is 7.91. The highest BCUT2D eigenvalue weighted by molar-refractivity contribution is 5.76. The van der Waals surface area contributed by atoms with Crippen molar-refractivity contribution >= 4 is 11.9 Å². The minimum absolute atomic E-state index is 0.131. The number of carboxylic acid groups (broad SMARTS) is 1. The van der Waals surface area contributed by atoms with Crippen LogP contribution in [-0.4, -0.2) is 17.0 Å². The lowest BCUT2D eigenvalue weighted by Crippen LogP contribution is -2.49. The van der Waals surface area contributed by atoms with Crippen molar-refractivity contribution in [2.45, 2.75) is 26.7 Å². The molecule has 0 bridgehead atoms. The summed E-state index contributed by atoms with van der Waals surface area (Å²) >= 11 is 0. The summed E-state index contributed by atoms with van der Waals surface area (Å²) in [7, 11) is 0. The SMILES string of the molecule is CC1(C)[C@@H](CC(N)=O)C[C@H]1C(=O)O. The van der Waals surface area contributed by atoms with Gasteiger partial charge in [0.15, 0.2) is 0 Å². The minimum atomic E-state index is -0.772. The number of carbonyl (C=O) groups excluding carboxylic acids is 1. The smallest absolute Gasteiger partial charge is 0.307 e. The van der Waals surface area contributed by atoms with Gasteiger partial charge in [0.1, 0.15) is 0 Å². The van der Waals surface area contributed by atoms with Crippen molar-refractivity contribution in [3.05, 3.63) is 0 Å². The first-order valence-electron chi connectivity index (χ1n) is 4.36. The molecule has 0 radical (unpaired) electrons. The average molecular weight is 185 g/mol. The van der Waals surface area contributed by atoms with E-state index in [1.807, 2.05) is 13.8 Å². The summed E-state index contributed by atoms with van der Waals surface area (Å²) in [4.78, 5) is 21.4. The molecule has 0 aromatic carbocycles. The van der Waals surface area contributed by atoms with E-state index in [1.165, 1.54) is 0 Å². The van der Waals surface area contributed by atoms with Gasteiger partial charge in [0.25, 0.3) is 0 Å². The van der Waals surface area contributed by atoms with Crippen LogP contribution in [-0.2, 0) is 9.59 Å². The molecule has 1 amide bonds. The lowest BCUT2D eigenvalue weighted by Gasteiger charge is -2.49. The second kappa shape index (κ2) is 3.01. The van der Waals surface area contributed by atoms with Gasteiger partial charge < -0.3 is 10.8 Å². The summed E-state index contributed by atoms with van der Waals surface area (Å²) in [5.41, 5.74) is 4.77. The molecule has 13 heavy (non-hydrogen) atoms. The normalized spacial score (nSPS) is 30.6. The Balaban J connectivity index is 2.59. The summed E-state index contributed by atoms with van der Waals surface area (Å²) in [5.74, 6) is -1.31. The van der Waals surface area contributed by atoms with Crippen molar-refractivity contribution in [1.29, 1.82) is 0 Å². The van der Waals surface area contributed by atoms with E-state index < -0.39 is 5.97 Å². The van der Waals surface area contributed by atoms with Crippen LogP contribution < -0.4 is 5.73 Å². The summed E-state index contributed by atoms with van der Waals surface area (Å²) in [5, 5.41) is 8.80. The number of amides is 1. The van der Waals surface area contributed by atoms with Crippen molar-refractivity contribution in [1.82, 2.24) is 0 Å².